The summed E-state index contributed by atoms with van der Waals surface area (Å²) in [5.41, 5.74) is 1.40. The molecule has 0 saturated heterocycles. The molecule has 1 aliphatic heterocycles. The number of nitrogens with zero attached hydrogens (tertiary/aromatic N) is 3. The number of benzene rings is 1. The molecular weight excluding hydrogens is 342 g/mol. The second-order valence-corrected chi connectivity index (χ2v) is 9.03. The third-order valence-corrected chi connectivity index (χ3v) is 5.82. The van der Waals surface area contributed by atoms with Crippen LogP contribution in [0.25, 0.3) is 0 Å². The van der Waals surface area contributed by atoms with Crippen molar-refractivity contribution in [1.82, 2.24) is 9.21 Å². The Morgan fingerprint density at radius 2 is 1.92 bits per heavy atom. The topological polar surface area (TPSA) is 70.2 Å². The maximum Gasteiger partial charge on any atom is 0.257 e. The average Bonchev–Trinajstić information content (AvgIpc) is 2.51. The lowest BCUT2D eigenvalue weighted by atomic mass is 10.0. The largest absolute Gasteiger partial charge is 0.488 e. The van der Waals surface area contributed by atoms with Crippen LogP contribution in [-0.2, 0) is 10.0 Å². The molecular formula is C17H27N3O4S. The normalized spacial score (nSPS) is 21.4. The summed E-state index contributed by atoms with van der Waals surface area (Å²) in [5, 5.41) is 0. The van der Waals surface area contributed by atoms with Gasteiger partial charge in [-0.3, -0.25) is 4.79 Å². The van der Waals surface area contributed by atoms with Gasteiger partial charge >= 0.3 is 0 Å². The van der Waals surface area contributed by atoms with Gasteiger partial charge in [-0.05, 0) is 18.2 Å². The smallest absolute Gasteiger partial charge is 0.257 e. The molecule has 0 N–H and O–H groups in total. The monoisotopic (exact) mass is 369 g/mol. The highest BCUT2D eigenvalue weighted by molar-refractivity contribution is 7.88. The fraction of sp³-hybridized carbons (Fsp3) is 0.588. The van der Waals surface area contributed by atoms with Crippen LogP contribution in [0.3, 0.4) is 0 Å². The molecule has 0 bridgehead atoms. The van der Waals surface area contributed by atoms with Gasteiger partial charge < -0.3 is 14.5 Å². The lowest BCUT2D eigenvalue weighted by Crippen LogP contribution is -2.46. The zero-order valence-corrected chi connectivity index (χ0v) is 16.5. The molecule has 0 aliphatic carbocycles. The van der Waals surface area contributed by atoms with Crippen LogP contribution in [0.5, 0.6) is 5.75 Å². The van der Waals surface area contributed by atoms with Gasteiger partial charge in [0.05, 0.1) is 18.4 Å². The molecule has 0 saturated carbocycles. The Bertz CT molecular complexity index is 748. The van der Waals surface area contributed by atoms with Gasteiger partial charge in [0, 0.05) is 46.3 Å². The molecule has 0 fully saturated rings. The molecule has 1 aromatic carbocycles. The Balaban J connectivity index is 2.41. The first kappa shape index (κ1) is 19.5. The molecule has 0 spiro atoms. The van der Waals surface area contributed by atoms with Crippen molar-refractivity contribution in [2.24, 2.45) is 5.92 Å². The first-order valence-electron chi connectivity index (χ1n) is 8.15. The lowest BCUT2D eigenvalue weighted by Gasteiger charge is -2.34. The Hall–Kier alpha value is -1.80. The number of likely N-dealkylation sites (N-methyl/N-ethyl adjacent to an activating group) is 1. The number of hydrogen-bond acceptors (Lipinski definition) is 5. The summed E-state index contributed by atoms with van der Waals surface area (Å²) < 4.78 is 30.9. The second-order valence-electron chi connectivity index (χ2n) is 6.94. The number of sulfonamides is 1. The zero-order chi connectivity index (χ0) is 18.9. The number of amides is 1. The molecule has 1 heterocycles. The number of anilines is 1. The van der Waals surface area contributed by atoms with E-state index in [9.17, 15) is 13.2 Å². The summed E-state index contributed by atoms with van der Waals surface area (Å²) in [5.74, 6) is 0.376. The molecule has 2 atom stereocenters. The predicted octanol–water partition coefficient (Wildman–Crippen LogP) is 1.11. The SMILES string of the molecule is C[C@H]1CN(C)C(=O)c2cc(N(C)C)ccc2O[C@@H]1CN(C)S(C)(=O)=O. The minimum Gasteiger partial charge on any atom is -0.488 e. The molecule has 8 heteroatoms. The van der Waals surface area contributed by atoms with E-state index in [0.29, 0.717) is 17.9 Å². The van der Waals surface area contributed by atoms with E-state index in [4.69, 9.17) is 4.74 Å². The molecule has 0 aromatic heterocycles. The van der Waals surface area contributed by atoms with Crippen LogP contribution in [0.1, 0.15) is 17.3 Å². The predicted molar refractivity (Wildman–Crippen MR) is 98.8 cm³/mol. The van der Waals surface area contributed by atoms with Crippen LogP contribution in [0.2, 0.25) is 0 Å². The van der Waals surface area contributed by atoms with E-state index in [1.807, 2.05) is 38.1 Å². The van der Waals surface area contributed by atoms with Crippen molar-refractivity contribution in [2.45, 2.75) is 13.0 Å². The fourth-order valence-corrected chi connectivity index (χ4v) is 3.21. The number of carbonyl (C=O) groups is 1. The van der Waals surface area contributed by atoms with Gasteiger partial charge in [-0.25, -0.2) is 12.7 Å². The van der Waals surface area contributed by atoms with Crippen molar-refractivity contribution < 1.29 is 17.9 Å². The average molecular weight is 369 g/mol. The number of ether oxygens (including phenoxy) is 1. The summed E-state index contributed by atoms with van der Waals surface area (Å²) >= 11 is 0. The first-order chi connectivity index (χ1) is 11.5. The van der Waals surface area contributed by atoms with Gasteiger partial charge in [0.2, 0.25) is 10.0 Å². The van der Waals surface area contributed by atoms with E-state index in [-0.39, 0.29) is 24.5 Å². The molecule has 2 rings (SSSR count). The van der Waals surface area contributed by atoms with Crippen LogP contribution in [-0.4, -0.2) is 77.2 Å². The fourth-order valence-electron chi connectivity index (χ4n) is 2.79. The number of fused-ring (bicyclic) bond motifs is 1. The Labute approximate surface area is 150 Å². The van der Waals surface area contributed by atoms with E-state index in [2.05, 4.69) is 0 Å². The maximum atomic E-state index is 12.7. The van der Waals surface area contributed by atoms with Crippen LogP contribution in [0.4, 0.5) is 5.69 Å². The molecule has 1 aromatic rings. The quantitative estimate of drug-likeness (QED) is 0.795. The first-order valence-corrected chi connectivity index (χ1v) is 10.0. The van der Waals surface area contributed by atoms with Crippen molar-refractivity contribution in [3.05, 3.63) is 23.8 Å². The summed E-state index contributed by atoms with van der Waals surface area (Å²) in [6.07, 6.45) is 0.826. The summed E-state index contributed by atoms with van der Waals surface area (Å²) in [6, 6.07) is 5.47. The lowest BCUT2D eigenvalue weighted by molar-refractivity contribution is 0.0605. The standard InChI is InChI=1S/C17H27N3O4S/c1-12-10-19(4)17(21)14-9-13(18(2)3)7-8-15(14)24-16(12)11-20(5)25(6,22)23/h7-9,12,16H,10-11H2,1-6H3/t12-,16+/m0/s1. The summed E-state index contributed by atoms with van der Waals surface area (Å²) in [7, 11) is 3.81. The van der Waals surface area contributed by atoms with Gasteiger partial charge in [-0.2, -0.15) is 0 Å². The summed E-state index contributed by atoms with van der Waals surface area (Å²) in [6.45, 7) is 2.69. The van der Waals surface area contributed by atoms with Gasteiger partial charge in [0.1, 0.15) is 11.9 Å². The van der Waals surface area contributed by atoms with E-state index in [0.717, 1.165) is 5.69 Å². The van der Waals surface area contributed by atoms with Crippen LogP contribution in [0, 0.1) is 5.92 Å². The summed E-state index contributed by atoms with van der Waals surface area (Å²) in [4.78, 5) is 16.3. The van der Waals surface area contributed by atoms with Crippen molar-refractivity contribution in [2.75, 3.05) is 52.4 Å². The molecule has 25 heavy (non-hydrogen) atoms. The highest BCUT2D eigenvalue weighted by Gasteiger charge is 2.31. The highest BCUT2D eigenvalue weighted by Crippen LogP contribution is 2.30. The Kier molecular flexibility index (Phi) is 5.63. The van der Waals surface area contributed by atoms with Gasteiger partial charge in [0.15, 0.2) is 0 Å². The van der Waals surface area contributed by atoms with Crippen LogP contribution < -0.4 is 9.64 Å². The molecule has 1 amide bonds. The van der Waals surface area contributed by atoms with Crippen molar-refractivity contribution in [3.8, 4) is 5.75 Å². The number of carbonyl (C=O) groups excluding carboxylic acids is 1. The Morgan fingerprint density at radius 1 is 1.28 bits per heavy atom. The highest BCUT2D eigenvalue weighted by atomic mass is 32.2. The van der Waals surface area contributed by atoms with Crippen LogP contribution in [0.15, 0.2) is 18.2 Å². The van der Waals surface area contributed by atoms with Crippen LogP contribution >= 0.6 is 0 Å². The van der Waals surface area contributed by atoms with E-state index in [1.54, 1.807) is 18.0 Å². The van der Waals surface area contributed by atoms with Crippen molar-refractivity contribution in [3.63, 3.8) is 0 Å². The minimum atomic E-state index is -3.30. The van der Waals surface area contributed by atoms with Gasteiger partial charge in [0.25, 0.3) is 5.91 Å². The number of rotatable bonds is 4. The molecule has 0 unspecified atom stereocenters. The van der Waals surface area contributed by atoms with Gasteiger partial charge in [-0.1, -0.05) is 6.92 Å². The molecule has 1 aliphatic rings. The van der Waals surface area contributed by atoms with E-state index >= 15 is 0 Å². The second kappa shape index (κ2) is 7.21. The molecule has 7 nitrogen and oxygen atoms in total. The maximum absolute atomic E-state index is 12.7. The third kappa shape index (κ3) is 4.43. The van der Waals surface area contributed by atoms with Crippen molar-refractivity contribution >= 4 is 21.6 Å². The van der Waals surface area contributed by atoms with E-state index < -0.39 is 10.0 Å². The number of hydrogen-bond donors (Lipinski definition) is 0. The Morgan fingerprint density at radius 3 is 2.48 bits per heavy atom. The third-order valence-electron chi connectivity index (χ3n) is 4.53. The van der Waals surface area contributed by atoms with E-state index in [1.165, 1.54) is 17.6 Å². The minimum absolute atomic E-state index is 0.0141. The zero-order valence-electron chi connectivity index (χ0n) is 15.7. The van der Waals surface area contributed by atoms with Gasteiger partial charge in [-0.15, -0.1) is 0 Å². The molecule has 140 valence electrons. The van der Waals surface area contributed by atoms with Crippen molar-refractivity contribution in [1.29, 1.82) is 0 Å². The molecule has 0 radical (unpaired) electrons.